The molecule has 4 heterocycles. The molecule has 0 aromatic rings. The lowest BCUT2D eigenvalue weighted by Crippen LogP contribution is -2.63. The molecule has 2 spiro atoms. The van der Waals surface area contributed by atoms with E-state index in [4.69, 9.17) is 0 Å². The van der Waals surface area contributed by atoms with Crippen molar-refractivity contribution in [2.24, 2.45) is 28.6 Å². The number of hydrogen-bond donors (Lipinski definition) is 2. The van der Waals surface area contributed by atoms with E-state index < -0.39 is 0 Å². The Hall–Kier alpha value is -0.160. The number of rotatable bonds is 4. The number of nitrogens with one attached hydrogen (secondary N) is 2. The predicted molar refractivity (Wildman–Crippen MR) is 103 cm³/mol. The normalized spacial score (nSPS) is 44.4. The fraction of sp³-hybridized carbons (Fsp3) is 1.00. The summed E-state index contributed by atoms with van der Waals surface area (Å²) in [6, 6.07) is 1.51. The van der Waals surface area contributed by atoms with E-state index in [2.05, 4.69) is 41.2 Å². The van der Waals surface area contributed by atoms with E-state index in [0.29, 0.717) is 10.8 Å². The minimum absolute atomic E-state index is 0.639. The second-order valence-corrected chi connectivity index (χ2v) is 10.5. The van der Waals surface area contributed by atoms with Crippen LogP contribution < -0.4 is 10.6 Å². The van der Waals surface area contributed by atoms with Gasteiger partial charge in [0.15, 0.2) is 0 Å². The molecule has 5 rings (SSSR count). The van der Waals surface area contributed by atoms with E-state index in [9.17, 15) is 0 Å². The Bertz CT molecular complexity index is 506. The average molecular weight is 347 g/mol. The molecule has 1 saturated carbocycles. The highest BCUT2D eigenvalue weighted by atomic mass is 15.2. The molecule has 25 heavy (non-hydrogen) atoms. The van der Waals surface area contributed by atoms with Crippen LogP contribution in [0.5, 0.6) is 0 Å². The molecule has 0 amide bonds. The third-order valence-corrected chi connectivity index (χ3v) is 8.97. The Balaban J connectivity index is 1.20. The van der Waals surface area contributed by atoms with Gasteiger partial charge in [-0.05, 0) is 82.8 Å². The van der Waals surface area contributed by atoms with Gasteiger partial charge in [0.1, 0.15) is 0 Å². The van der Waals surface area contributed by atoms with Crippen LogP contribution in [0.15, 0.2) is 0 Å². The zero-order valence-electron chi connectivity index (χ0n) is 16.6. The minimum atomic E-state index is 0.639. The molecule has 0 aromatic carbocycles. The maximum Gasteiger partial charge on any atom is 0.00702 e. The highest BCUT2D eigenvalue weighted by Crippen LogP contribution is 2.63. The van der Waals surface area contributed by atoms with Crippen LogP contribution in [0.4, 0.5) is 0 Å². The lowest BCUT2D eigenvalue weighted by atomic mass is 9.48. The summed E-state index contributed by atoms with van der Waals surface area (Å²) in [5, 5.41) is 7.30. The van der Waals surface area contributed by atoms with Crippen LogP contribution >= 0.6 is 0 Å². The topological polar surface area (TPSA) is 30.5 Å². The van der Waals surface area contributed by atoms with Crippen molar-refractivity contribution in [3.63, 3.8) is 0 Å². The van der Waals surface area contributed by atoms with Crippen LogP contribution in [0.25, 0.3) is 0 Å². The van der Waals surface area contributed by atoms with Crippen LogP contribution in [-0.2, 0) is 0 Å². The molecule has 5 aliphatic rings. The van der Waals surface area contributed by atoms with Crippen molar-refractivity contribution in [2.45, 2.75) is 52.1 Å². The molecule has 142 valence electrons. The maximum absolute atomic E-state index is 3.77. The van der Waals surface area contributed by atoms with Crippen molar-refractivity contribution in [3.05, 3.63) is 0 Å². The Labute approximate surface area is 154 Å². The van der Waals surface area contributed by atoms with E-state index in [0.717, 1.165) is 29.8 Å². The van der Waals surface area contributed by atoms with Gasteiger partial charge in [0.25, 0.3) is 0 Å². The minimum Gasteiger partial charge on any atom is -0.317 e. The summed E-state index contributed by atoms with van der Waals surface area (Å²) in [5.41, 5.74) is 1.32. The summed E-state index contributed by atoms with van der Waals surface area (Å²) < 4.78 is 0. The van der Waals surface area contributed by atoms with E-state index in [1.807, 2.05) is 0 Å². The molecular formula is C21H38N4. The van der Waals surface area contributed by atoms with E-state index in [-0.39, 0.29) is 0 Å². The fourth-order valence-electron chi connectivity index (χ4n) is 7.33. The van der Waals surface area contributed by atoms with Crippen LogP contribution in [0.2, 0.25) is 0 Å². The predicted octanol–water partition coefficient (Wildman–Crippen LogP) is 1.63. The molecule has 4 saturated heterocycles. The smallest absolute Gasteiger partial charge is 0.00702 e. The largest absolute Gasteiger partial charge is 0.317 e. The molecule has 0 bridgehead atoms. The van der Waals surface area contributed by atoms with Gasteiger partial charge in [0, 0.05) is 50.2 Å². The van der Waals surface area contributed by atoms with Crippen molar-refractivity contribution in [1.82, 2.24) is 20.4 Å². The summed E-state index contributed by atoms with van der Waals surface area (Å²) in [6.07, 6.45) is 4.25. The van der Waals surface area contributed by atoms with Crippen LogP contribution in [0.3, 0.4) is 0 Å². The van der Waals surface area contributed by atoms with E-state index in [1.165, 1.54) is 71.6 Å². The third-order valence-electron chi connectivity index (χ3n) is 8.97. The molecule has 4 unspecified atom stereocenters. The lowest BCUT2D eigenvalue weighted by Gasteiger charge is -2.58. The zero-order chi connectivity index (χ0) is 17.2. The van der Waals surface area contributed by atoms with Gasteiger partial charge in [-0.15, -0.1) is 0 Å². The molecule has 5 fully saturated rings. The van der Waals surface area contributed by atoms with Gasteiger partial charge in [0.05, 0.1) is 0 Å². The summed E-state index contributed by atoms with van der Waals surface area (Å²) in [4.78, 5) is 5.58. The lowest BCUT2D eigenvalue weighted by molar-refractivity contribution is -0.0909. The first-order valence-corrected chi connectivity index (χ1v) is 10.9. The first kappa shape index (κ1) is 17.0. The molecule has 0 radical (unpaired) electrons. The van der Waals surface area contributed by atoms with Crippen molar-refractivity contribution >= 4 is 0 Å². The van der Waals surface area contributed by atoms with Gasteiger partial charge in [-0.3, -0.25) is 4.90 Å². The first-order chi connectivity index (χ1) is 12.0. The quantitative estimate of drug-likeness (QED) is 0.810. The summed E-state index contributed by atoms with van der Waals surface area (Å²) in [6.45, 7) is 17.8. The Morgan fingerprint density at radius 3 is 2.44 bits per heavy atom. The van der Waals surface area contributed by atoms with Crippen molar-refractivity contribution in [1.29, 1.82) is 0 Å². The number of likely N-dealkylation sites (tertiary alicyclic amines) is 2. The molecule has 4 heteroatoms. The molecule has 2 N–H and O–H groups in total. The van der Waals surface area contributed by atoms with Crippen LogP contribution in [-0.4, -0.2) is 74.2 Å². The summed E-state index contributed by atoms with van der Waals surface area (Å²) in [7, 11) is 0. The van der Waals surface area contributed by atoms with Gasteiger partial charge in [-0.2, -0.15) is 0 Å². The highest BCUT2D eigenvalue weighted by molar-refractivity contribution is 5.18. The molecule has 1 aliphatic carbocycles. The van der Waals surface area contributed by atoms with E-state index in [1.54, 1.807) is 0 Å². The average Bonchev–Trinajstić information content (AvgIpc) is 3.11. The molecule has 4 aliphatic heterocycles. The zero-order valence-corrected chi connectivity index (χ0v) is 16.6. The summed E-state index contributed by atoms with van der Waals surface area (Å²) >= 11 is 0. The summed E-state index contributed by atoms with van der Waals surface area (Å²) in [5.74, 6) is 2.89. The number of hydrogen-bond acceptors (Lipinski definition) is 4. The van der Waals surface area contributed by atoms with Crippen LogP contribution in [0.1, 0.15) is 40.0 Å². The standard InChI is InChI=1S/C21H38N4/c1-15(2)24-10-19-17(18-9-23-11-21(18,19)14-24)8-16(3)25-12-20(13-25)4-6-22-7-5-20/h15-19,22-23H,4-14H2,1-3H3/t16-,17?,18?,19?,21?/m1/s1. The Morgan fingerprint density at radius 1 is 0.960 bits per heavy atom. The molecule has 5 atom stereocenters. The van der Waals surface area contributed by atoms with Crippen LogP contribution in [0, 0.1) is 28.6 Å². The molecule has 0 aromatic heterocycles. The Morgan fingerprint density at radius 2 is 1.72 bits per heavy atom. The van der Waals surface area contributed by atoms with Crippen molar-refractivity contribution in [3.8, 4) is 0 Å². The highest BCUT2D eigenvalue weighted by Gasteiger charge is 2.67. The number of piperidine rings is 1. The van der Waals surface area contributed by atoms with E-state index >= 15 is 0 Å². The monoisotopic (exact) mass is 346 g/mol. The fourth-order valence-corrected chi connectivity index (χ4v) is 7.33. The van der Waals surface area contributed by atoms with Crippen molar-refractivity contribution in [2.75, 3.05) is 52.4 Å². The SMILES string of the molecule is CC(C)N1CC2C(C[C@@H](C)N3CC4(CCNCC4)C3)C3CNCC32C1. The maximum atomic E-state index is 3.77. The molecular weight excluding hydrogens is 308 g/mol. The number of nitrogens with zero attached hydrogens (tertiary/aromatic N) is 2. The Kier molecular flexibility index (Phi) is 4.02. The first-order valence-electron chi connectivity index (χ1n) is 10.9. The molecule has 4 nitrogen and oxygen atoms in total. The van der Waals surface area contributed by atoms with Gasteiger partial charge < -0.3 is 15.5 Å². The van der Waals surface area contributed by atoms with Gasteiger partial charge in [-0.1, -0.05) is 0 Å². The second-order valence-electron chi connectivity index (χ2n) is 10.5. The van der Waals surface area contributed by atoms with Crippen molar-refractivity contribution < 1.29 is 0 Å². The third kappa shape index (κ3) is 2.47. The second kappa shape index (κ2) is 5.92. The van der Waals surface area contributed by atoms with Gasteiger partial charge in [0.2, 0.25) is 0 Å². The van der Waals surface area contributed by atoms with Gasteiger partial charge >= 0.3 is 0 Å². The van der Waals surface area contributed by atoms with Gasteiger partial charge in [-0.25, -0.2) is 0 Å².